The van der Waals surface area contributed by atoms with Crippen molar-refractivity contribution in [3.05, 3.63) is 6.92 Å². The highest BCUT2D eigenvalue weighted by Crippen LogP contribution is 2.03. The molecule has 1 heteroatoms. The molecule has 0 amide bonds. The molecule has 0 aromatic carbocycles. The first-order valence-electron chi connectivity index (χ1n) is 2.66. The molecule has 0 nitrogen and oxygen atoms in total. The Hall–Kier alpha value is 0.730. The van der Waals surface area contributed by atoms with E-state index in [1.807, 2.05) is 0 Å². The van der Waals surface area contributed by atoms with Crippen LogP contribution in [0.5, 0.6) is 0 Å². The van der Waals surface area contributed by atoms with E-state index in [0.29, 0.717) is 5.92 Å². The predicted molar refractivity (Wildman–Crippen MR) is 42.6 cm³/mol. The molecular formula is C6H12I. The number of rotatable bonds is 3. The normalized spacial score (nSPS) is 10.3. The highest BCUT2D eigenvalue weighted by Gasteiger charge is 1.89. The first kappa shape index (κ1) is 7.73. The molecule has 0 aliphatic rings. The van der Waals surface area contributed by atoms with Crippen molar-refractivity contribution in [3.8, 4) is 0 Å². The van der Waals surface area contributed by atoms with E-state index in [2.05, 4.69) is 36.4 Å². The van der Waals surface area contributed by atoms with Crippen molar-refractivity contribution in [2.45, 2.75) is 19.8 Å². The lowest BCUT2D eigenvalue weighted by Crippen LogP contribution is -1.86. The van der Waals surface area contributed by atoms with Crippen LogP contribution < -0.4 is 0 Å². The van der Waals surface area contributed by atoms with Crippen LogP contribution in [0.1, 0.15) is 19.8 Å². The van der Waals surface area contributed by atoms with Crippen LogP contribution in [0, 0.1) is 12.8 Å². The van der Waals surface area contributed by atoms with Crippen LogP contribution in [0.2, 0.25) is 0 Å². The molecule has 0 fully saturated rings. The molecule has 0 N–H and O–H groups in total. The average Bonchev–Trinajstić information content (AvgIpc) is 1.61. The van der Waals surface area contributed by atoms with Gasteiger partial charge in [-0.25, -0.2) is 0 Å². The molecule has 0 rings (SSSR count). The molecule has 0 aliphatic heterocycles. The zero-order valence-corrected chi connectivity index (χ0v) is 6.94. The summed E-state index contributed by atoms with van der Waals surface area (Å²) in [5.74, 6) is 0.648. The van der Waals surface area contributed by atoms with Gasteiger partial charge < -0.3 is 0 Å². The molecule has 0 aromatic rings. The highest BCUT2D eigenvalue weighted by atomic mass is 127. The molecule has 0 saturated carbocycles. The maximum absolute atomic E-state index is 3.87. The van der Waals surface area contributed by atoms with Crippen molar-refractivity contribution in [2.24, 2.45) is 5.92 Å². The summed E-state index contributed by atoms with van der Waals surface area (Å²) in [6.07, 6.45) is 2.61. The Kier molecular flexibility index (Phi) is 5.39. The SMILES string of the molecule is [CH2]C(C)CCCI. The number of hydrogen-bond acceptors (Lipinski definition) is 0. The first-order chi connectivity index (χ1) is 3.27. The molecular weight excluding hydrogens is 199 g/mol. The standard InChI is InChI=1S/C6H12I/c1-6(2)4-3-5-7/h6H,1,3-5H2,2H3. The maximum Gasteiger partial charge on any atom is -0.000463 e. The van der Waals surface area contributed by atoms with Gasteiger partial charge in [0.15, 0.2) is 0 Å². The Morgan fingerprint density at radius 3 is 2.43 bits per heavy atom. The van der Waals surface area contributed by atoms with Gasteiger partial charge in [0.2, 0.25) is 0 Å². The molecule has 0 aromatic heterocycles. The second-order valence-electron chi connectivity index (χ2n) is 1.94. The molecule has 1 unspecified atom stereocenters. The van der Waals surface area contributed by atoms with Crippen LogP contribution >= 0.6 is 22.6 Å². The van der Waals surface area contributed by atoms with Gasteiger partial charge in [0.05, 0.1) is 0 Å². The van der Waals surface area contributed by atoms with Gasteiger partial charge in [0.25, 0.3) is 0 Å². The first-order valence-corrected chi connectivity index (χ1v) is 4.19. The number of hydrogen-bond donors (Lipinski definition) is 0. The third kappa shape index (κ3) is 6.73. The molecule has 0 heterocycles. The van der Waals surface area contributed by atoms with E-state index < -0.39 is 0 Å². The van der Waals surface area contributed by atoms with Crippen LogP contribution in [0.3, 0.4) is 0 Å². The minimum Gasteiger partial charge on any atom is -0.0864 e. The summed E-state index contributed by atoms with van der Waals surface area (Å²) in [6, 6.07) is 0. The van der Waals surface area contributed by atoms with E-state index >= 15 is 0 Å². The fraction of sp³-hybridized carbons (Fsp3) is 0.833. The lowest BCUT2D eigenvalue weighted by molar-refractivity contribution is 0.637. The largest absolute Gasteiger partial charge is 0.0864 e. The molecule has 1 atom stereocenters. The van der Waals surface area contributed by atoms with Crippen molar-refractivity contribution < 1.29 is 0 Å². The second kappa shape index (κ2) is 4.88. The minimum atomic E-state index is 0.648. The summed E-state index contributed by atoms with van der Waals surface area (Å²) in [6.45, 7) is 6.03. The topological polar surface area (TPSA) is 0 Å². The van der Waals surface area contributed by atoms with Gasteiger partial charge in [-0.2, -0.15) is 0 Å². The van der Waals surface area contributed by atoms with E-state index in [1.165, 1.54) is 17.3 Å². The summed E-state index contributed by atoms with van der Waals surface area (Å²) in [5, 5.41) is 0. The average molecular weight is 211 g/mol. The Morgan fingerprint density at radius 1 is 1.71 bits per heavy atom. The van der Waals surface area contributed by atoms with Crippen LogP contribution in [0.15, 0.2) is 0 Å². The third-order valence-corrected chi connectivity index (χ3v) is 1.59. The van der Waals surface area contributed by atoms with Crippen molar-refractivity contribution in [1.29, 1.82) is 0 Å². The minimum absolute atomic E-state index is 0.648. The molecule has 7 heavy (non-hydrogen) atoms. The lowest BCUT2D eigenvalue weighted by Gasteiger charge is -1.98. The maximum atomic E-state index is 3.87. The van der Waals surface area contributed by atoms with E-state index in [4.69, 9.17) is 0 Å². The fourth-order valence-corrected chi connectivity index (χ4v) is 0.866. The van der Waals surface area contributed by atoms with E-state index in [1.54, 1.807) is 0 Å². The van der Waals surface area contributed by atoms with Crippen LogP contribution in [0.4, 0.5) is 0 Å². The number of alkyl halides is 1. The van der Waals surface area contributed by atoms with Gasteiger partial charge in [-0.15, -0.1) is 0 Å². The van der Waals surface area contributed by atoms with Crippen molar-refractivity contribution in [1.82, 2.24) is 0 Å². The Morgan fingerprint density at radius 2 is 2.29 bits per heavy atom. The van der Waals surface area contributed by atoms with Gasteiger partial charge in [0.1, 0.15) is 0 Å². The van der Waals surface area contributed by atoms with Crippen molar-refractivity contribution >= 4 is 22.6 Å². The predicted octanol–water partition coefficient (Wildman–Crippen LogP) is 2.67. The van der Waals surface area contributed by atoms with Gasteiger partial charge in [-0.1, -0.05) is 36.4 Å². The molecule has 0 bridgehead atoms. The van der Waals surface area contributed by atoms with Crippen LogP contribution in [-0.4, -0.2) is 4.43 Å². The molecule has 43 valence electrons. The second-order valence-corrected chi connectivity index (χ2v) is 3.02. The summed E-state index contributed by atoms with van der Waals surface area (Å²) in [5.41, 5.74) is 0. The van der Waals surface area contributed by atoms with Crippen molar-refractivity contribution in [2.75, 3.05) is 4.43 Å². The summed E-state index contributed by atoms with van der Waals surface area (Å²) >= 11 is 2.39. The summed E-state index contributed by atoms with van der Waals surface area (Å²) in [4.78, 5) is 0. The van der Waals surface area contributed by atoms with E-state index in [0.717, 1.165) is 0 Å². The Bertz CT molecular complexity index is 33.2. The zero-order chi connectivity index (χ0) is 5.70. The monoisotopic (exact) mass is 211 g/mol. The quantitative estimate of drug-likeness (QED) is 0.497. The Balaban J connectivity index is 2.68. The van der Waals surface area contributed by atoms with Gasteiger partial charge in [-0.3, -0.25) is 0 Å². The van der Waals surface area contributed by atoms with Crippen molar-refractivity contribution in [3.63, 3.8) is 0 Å². The smallest absolute Gasteiger partial charge is 0.000463 e. The van der Waals surface area contributed by atoms with Gasteiger partial charge in [-0.05, 0) is 23.2 Å². The van der Waals surface area contributed by atoms with Gasteiger partial charge in [0, 0.05) is 0 Å². The molecule has 0 aliphatic carbocycles. The van der Waals surface area contributed by atoms with Crippen LogP contribution in [-0.2, 0) is 0 Å². The third-order valence-electron chi connectivity index (χ3n) is 0.831. The molecule has 1 radical (unpaired) electrons. The summed E-state index contributed by atoms with van der Waals surface area (Å²) < 4.78 is 1.28. The van der Waals surface area contributed by atoms with E-state index in [-0.39, 0.29) is 0 Å². The molecule has 0 spiro atoms. The van der Waals surface area contributed by atoms with E-state index in [9.17, 15) is 0 Å². The van der Waals surface area contributed by atoms with Gasteiger partial charge >= 0.3 is 0 Å². The fourth-order valence-electron chi connectivity index (χ4n) is 0.426. The lowest BCUT2D eigenvalue weighted by atomic mass is 10.1. The Labute approximate surface area is 59.8 Å². The highest BCUT2D eigenvalue weighted by molar-refractivity contribution is 14.1. The zero-order valence-electron chi connectivity index (χ0n) is 4.78. The molecule has 0 saturated heterocycles. The van der Waals surface area contributed by atoms with Crippen LogP contribution in [0.25, 0.3) is 0 Å². The summed E-state index contributed by atoms with van der Waals surface area (Å²) in [7, 11) is 0. The number of halogens is 1.